The van der Waals surface area contributed by atoms with Gasteiger partial charge in [-0.15, -0.1) is 10.2 Å². The van der Waals surface area contributed by atoms with E-state index in [9.17, 15) is 4.79 Å². The van der Waals surface area contributed by atoms with E-state index in [0.29, 0.717) is 29.0 Å². The second-order valence-corrected chi connectivity index (χ2v) is 8.39. The molecule has 7 nitrogen and oxygen atoms in total. The number of fused-ring (bicyclic) bond motifs is 3. The van der Waals surface area contributed by atoms with E-state index in [1.807, 2.05) is 55.5 Å². The molecular weight excluding hydrogens is 424 g/mol. The molecule has 0 saturated carbocycles. The van der Waals surface area contributed by atoms with Gasteiger partial charge in [-0.3, -0.25) is 9.69 Å². The van der Waals surface area contributed by atoms with E-state index in [0.717, 1.165) is 35.5 Å². The summed E-state index contributed by atoms with van der Waals surface area (Å²) in [5.41, 5.74) is 2.81. The number of amides is 1. The first-order valence-corrected chi connectivity index (χ1v) is 11.8. The zero-order valence-electron chi connectivity index (χ0n) is 18.4. The van der Waals surface area contributed by atoms with Gasteiger partial charge in [0.1, 0.15) is 5.75 Å². The fourth-order valence-corrected chi connectivity index (χ4v) is 4.40. The number of thioether (sulfide) groups is 1. The lowest BCUT2D eigenvalue weighted by Gasteiger charge is -2.30. The van der Waals surface area contributed by atoms with Gasteiger partial charge in [0.2, 0.25) is 23.2 Å². The van der Waals surface area contributed by atoms with Gasteiger partial charge in [-0.2, -0.15) is 4.98 Å². The van der Waals surface area contributed by atoms with E-state index >= 15 is 0 Å². The van der Waals surface area contributed by atoms with Crippen molar-refractivity contribution in [2.24, 2.45) is 0 Å². The van der Waals surface area contributed by atoms with Gasteiger partial charge in [0.25, 0.3) is 0 Å². The van der Waals surface area contributed by atoms with Crippen LogP contribution in [-0.2, 0) is 4.79 Å². The maximum atomic E-state index is 12.8. The van der Waals surface area contributed by atoms with Crippen molar-refractivity contribution < 1.29 is 14.3 Å². The minimum atomic E-state index is -0.698. The fourth-order valence-electron chi connectivity index (χ4n) is 3.53. The highest BCUT2D eigenvalue weighted by Crippen LogP contribution is 2.43. The van der Waals surface area contributed by atoms with E-state index < -0.39 is 6.23 Å². The molecule has 0 unspecified atom stereocenters. The van der Waals surface area contributed by atoms with Crippen LogP contribution < -0.4 is 14.4 Å². The van der Waals surface area contributed by atoms with Crippen molar-refractivity contribution in [2.75, 3.05) is 17.3 Å². The minimum absolute atomic E-state index is 0.144. The van der Waals surface area contributed by atoms with Crippen LogP contribution in [0.4, 0.5) is 5.69 Å². The predicted molar refractivity (Wildman–Crippen MR) is 125 cm³/mol. The number of para-hydroxylation sites is 1. The molecule has 2 aromatic carbocycles. The number of aromatic nitrogens is 3. The molecule has 4 rings (SSSR count). The Morgan fingerprint density at radius 3 is 2.62 bits per heavy atom. The van der Waals surface area contributed by atoms with Crippen LogP contribution in [0, 0.1) is 0 Å². The number of nitrogens with zero attached hydrogens (tertiary/aromatic N) is 4. The smallest absolute Gasteiger partial charge is 0.247 e. The highest BCUT2D eigenvalue weighted by atomic mass is 32.2. The summed E-state index contributed by atoms with van der Waals surface area (Å²) in [5, 5.41) is 9.32. The Labute approximate surface area is 192 Å². The van der Waals surface area contributed by atoms with Gasteiger partial charge in [-0.1, -0.05) is 43.3 Å². The molecule has 32 heavy (non-hydrogen) atoms. The van der Waals surface area contributed by atoms with E-state index in [2.05, 4.69) is 22.1 Å². The monoisotopic (exact) mass is 450 g/mol. The summed E-state index contributed by atoms with van der Waals surface area (Å²) in [4.78, 5) is 19.1. The molecule has 0 N–H and O–H groups in total. The molecular formula is C24H26N4O3S. The quantitative estimate of drug-likeness (QED) is 0.358. The fraction of sp³-hybridized carbons (Fsp3) is 0.333. The SMILES string of the molecule is CCCCSc1nnc2c(n1)O[C@H](c1ccc(OCC)cc1)N(C(C)=O)c1ccccc1-2. The van der Waals surface area contributed by atoms with Crippen molar-refractivity contribution in [2.45, 2.75) is 45.0 Å². The Kier molecular flexibility index (Phi) is 6.90. The Bertz CT molecular complexity index is 1090. The van der Waals surface area contributed by atoms with Gasteiger partial charge >= 0.3 is 0 Å². The normalized spacial score (nSPS) is 14.7. The van der Waals surface area contributed by atoms with E-state index in [4.69, 9.17) is 9.47 Å². The number of unbranched alkanes of at least 4 members (excludes halogenated alkanes) is 1. The number of carbonyl (C=O) groups excluding carboxylic acids is 1. The van der Waals surface area contributed by atoms with Crippen molar-refractivity contribution in [3.05, 3.63) is 54.1 Å². The molecule has 2 heterocycles. The van der Waals surface area contributed by atoms with Crippen LogP contribution in [0.15, 0.2) is 53.7 Å². The second kappa shape index (κ2) is 9.99. The highest BCUT2D eigenvalue weighted by Gasteiger charge is 2.34. The molecule has 166 valence electrons. The molecule has 0 saturated heterocycles. The molecule has 1 aromatic heterocycles. The topological polar surface area (TPSA) is 77.4 Å². The highest BCUT2D eigenvalue weighted by molar-refractivity contribution is 7.99. The number of ether oxygens (including phenoxy) is 2. The lowest BCUT2D eigenvalue weighted by atomic mass is 10.1. The van der Waals surface area contributed by atoms with Crippen LogP contribution in [0.1, 0.15) is 45.4 Å². The zero-order chi connectivity index (χ0) is 22.5. The zero-order valence-corrected chi connectivity index (χ0v) is 19.3. The summed E-state index contributed by atoms with van der Waals surface area (Å²) in [6, 6.07) is 15.2. The first-order chi connectivity index (χ1) is 15.6. The maximum Gasteiger partial charge on any atom is 0.247 e. The van der Waals surface area contributed by atoms with E-state index in [-0.39, 0.29) is 5.91 Å². The molecule has 0 fully saturated rings. The van der Waals surface area contributed by atoms with Crippen LogP contribution in [0.2, 0.25) is 0 Å². The van der Waals surface area contributed by atoms with Gasteiger partial charge in [-0.25, -0.2) is 0 Å². The Morgan fingerprint density at radius 1 is 1.12 bits per heavy atom. The summed E-state index contributed by atoms with van der Waals surface area (Å²) in [7, 11) is 0. The van der Waals surface area contributed by atoms with Crippen molar-refractivity contribution in [3.8, 4) is 22.9 Å². The predicted octanol–water partition coefficient (Wildman–Crippen LogP) is 5.27. The first kappa shape index (κ1) is 22.1. The average Bonchev–Trinajstić information content (AvgIpc) is 2.94. The molecule has 0 radical (unpaired) electrons. The molecule has 0 aliphatic carbocycles. The third kappa shape index (κ3) is 4.55. The summed E-state index contributed by atoms with van der Waals surface area (Å²) < 4.78 is 12.0. The maximum absolute atomic E-state index is 12.8. The summed E-state index contributed by atoms with van der Waals surface area (Å²) >= 11 is 1.56. The lowest BCUT2D eigenvalue weighted by Crippen LogP contribution is -2.36. The van der Waals surface area contributed by atoms with Crippen LogP contribution in [0.25, 0.3) is 11.3 Å². The third-order valence-electron chi connectivity index (χ3n) is 5.06. The van der Waals surface area contributed by atoms with Gasteiger partial charge in [-0.05, 0) is 43.7 Å². The van der Waals surface area contributed by atoms with E-state index in [1.54, 1.807) is 16.7 Å². The molecule has 1 aliphatic heterocycles. The first-order valence-electron chi connectivity index (χ1n) is 10.8. The van der Waals surface area contributed by atoms with Gasteiger partial charge in [0.05, 0.1) is 12.3 Å². The summed E-state index contributed by atoms with van der Waals surface area (Å²) in [6.45, 7) is 6.20. The second-order valence-electron chi connectivity index (χ2n) is 7.33. The third-order valence-corrected chi connectivity index (χ3v) is 5.98. The van der Waals surface area contributed by atoms with Crippen LogP contribution >= 0.6 is 11.8 Å². The molecule has 1 amide bonds. The number of hydrogen-bond acceptors (Lipinski definition) is 7. The lowest BCUT2D eigenvalue weighted by molar-refractivity contribution is -0.118. The number of carbonyl (C=O) groups is 1. The Balaban J connectivity index is 1.80. The summed E-state index contributed by atoms with van der Waals surface area (Å²) in [5.74, 6) is 1.90. The molecule has 8 heteroatoms. The number of hydrogen-bond donors (Lipinski definition) is 0. The average molecular weight is 451 g/mol. The van der Waals surface area contributed by atoms with Crippen molar-refractivity contribution in [1.82, 2.24) is 15.2 Å². The molecule has 1 atom stereocenters. The Hall–Kier alpha value is -3.13. The van der Waals surface area contributed by atoms with Crippen LogP contribution in [0.3, 0.4) is 0 Å². The van der Waals surface area contributed by atoms with Crippen LogP contribution in [-0.4, -0.2) is 33.4 Å². The number of benzene rings is 2. The molecule has 1 aliphatic rings. The van der Waals surface area contributed by atoms with Gasteiger partial charge < -0.3 is 9.47 Å². The Morgan fingerprint density at radius 2 is 1.91 bits per heavy atom. The van der Waals surface area contributed by atoms with Crippen molar-refractivity contribution in [1.29, 1.82) is 0 Å². The van der Waals surface area contributed by atoms with E-state index in [1.165, 1.54) is 6.92 Å². The van der Waals surface area contributed by atoms with Crippen molar-refractivity contribution in [3.63, 3.8) is 0 Å². The minimum Gasteiger partial charge on any atom is -0.494 e. The largest absolute Gasteiger partial charge is 0.494 e. The molecule has 0 spiro atoms. The molecule has 0 bridgehead atoms. The summed E-state index contributed by atoms with van der Waals surface area (Å²) in [6.07, 6.45) is 1.47. The number of rotatable bonds is 7. The number of anilines is 1. The van der Waals surface area contributed by atoms with Gasteiger partial charge in [0.15, 0.2) is 5.69 Å². The van der Waals surface area contributed by atoms with Crippen LogP contribution in [0.5, 0.6) is 11.6 Å². The molecule has 3 aromatic rings. The van der Waals surface area contributed by atoms with Crippen molar-refractivity contribution >= 4 is 23.4 Å². The van der Waals surface area contributed by atoms with Gasteiger partial charge in [0, 0.05) is 23.8 Å². The standard InChI is InChI=1S/C24H26N4O3S/c1-4-6-15-32-24-25-22-21(26-27-24)19-9-7-8-10-20(19)28(16(3)29)23(31-22)17-11-13-18(14-12-17)30-5-2/h7-14,23H,4-6,15H2,1-3H3/t23-/m1/s1.